The van der Waals surface area contributed by atoms with E-state index in [0.29, 0.717) is 11.5 Å². The fourth-order valence-electron chi connectivity index (χ4n) is 3.59. The first-order valence-electron chi connectivity index (χ1n) is 10.1. The van der Waals surface area contributed by atoms with Gasteiger partial charge in [-0.2, -0.15) is 0 Å². The minimum absolute atomic E-state index is 0.00946. The van der Waals surface area contributed by atoms with Crippen molar-refractivity contribution in [3.63, 3.8) is 0 Å². The molecule has 1 saturated heterocycles. The van der Waals surface area contributed by atoms with Crippen LogP contribution >= 0.6 is 0 Å². The van der Waals surface area contributed by atoms with Crippen LogP contribution in [0.25, 0.3) is 0 Å². The molecule has 4 atom stereocenters. The number of hydrogen-bond donors (Lipinski definition) is 2. The van der Waals surface area contributed by atoms with E-state index in [2.05, 4.69) is 0 Å². The van der Waals surface area contributed by atoms with E-state index in [9.17, 15) is 15.0 Å². The van der Waals surface area contributed by atoms with Crippen LogP contribution in [0.1, 0.15) is 12.5 Å². The van der Waals surface area contributed by atoms with Gasteiger partial charge in [0.2, 0.25) is 5.91 Å². The first-order chi connectivity index (χ1) is 14.9. The molecule has 168 valence electrons. The molecule has 1 aliphatic heterocycles. The molecule has 0 aliphatic carbocycles. The standard InChI is InChI=1S/C23H29NO7/c1-15(25)24-12-21(26)22(27)23(31-13-16-4-6-17(28-2)7-5-16)20(24)14-30-19-10-8-18(29-3)9-11-19/h4-11,20-23,26-27H,12-14H2,1-3H3/t20-,21+,22+,23+/m1/s1. The molecule has 0 unspecified atom stereocenters. The van der Waals surface area contributed by atoms with E-state index in [4.69, 9.17) is 18.9 Å². The van der Waals surface area contributed by atoms with E-state index >= 15 is 0 Å². The predicted molar refractivity (Wildman–Crippen MR) is 113 cm³/mol. The van der Waals surface area contributed by atoms with Crippen LogP contribution in [0, 0.1) is 0 Å². The van der Waals surface area contributed by atoms with Crippen LogP contribution in [-0.2, 0) is 16.1 Å². The Kier molecular flexibility index (Phi) is 7.73. The van der Waals surface area contributed by atoms with Crippen molar-refractivity contribution in [1.29, 1.82) is 0 Å². The Morgan fingerprint density at radius 2 is 1.52 bits per heavy atom. The maximum atomic E-state index is 12.2. The monoisotopic (exact) mass is 431 g/mol. The van der Waals surface area contributed by atoms with Crippen LogP contribution in [0.4, 0.5) is 0 Å². The molecule has 2 N–H and O–H groups in total. The molecule has 0 spiro atoms. The van der Waals surface area contributed by atoms with Gasteiger partial charge in [-0.3, -0.25) is 4.79 Å². The quantitative estimate of drug-likeness (QED) is 0.656. The van der Waals surface area contributed by atoms with Gasteiger partial charge in [-0.1, -0.05) is 12.1 Å². The van der Waals surface area contributed by atoms with Gasteiger partial charge in [0.25, 0.3) is 0 Å². The maximum absolute atomic E-state index is 12.2. The zero-order valence-corrected chi connectivity index (χ0v) is 17.9. The Balaban J connectivity index is 1.74. The Labute approximate surface area is 181 Å². The molecule has 8 nitrogen and oxygen atoms in total. The Morgan fingerprint density at radius 1 is 0.968 bits per heavy atom. The lowest BCUT2D eigenvalue weighted by atomic mass is 9.93. The first-order valence-corrected chi connectivity index (χ1v) is 10.1. The third-order valence-corrected chi connectivity index (χ3v) is 5.38. The lowest BCUT2D eigenvalue weighted by molar-refractivity contribution is -0.178. The molecular weight excluding hydrogens is 402 g/mol. The second-order valence-corrected chi connectivity index (χ2v) is 7.41. The normalized spacial score (nSPS) is 23.3. The molecule has 2 aromatic carbocycles. The zero-order chi connectivity index (χ0) is 22.4. The van der Waals surface area contributed by atoms with Crippen molar-refractivity contribution in [2.24, 2.45) is 0 Å². The summed E-state index contributed by atoms with van der Waals surface area (Å²) in [4.78, 5) is 13.7. The van der Waals surface area contributed by atoms with Crippen LogP contribution in [0.5, 0.6) is 17.2 Å². The van der Waals surface area contributed by atoms with Gasteiger partial charge in [0, 0.05) is 13.5 Å². The highest BCUT2D eigenvalue weighted by Crippen LogP contribution is 2.25. The molecule has 0 radical (unpaired) electrons. The number of nitrogens with zero attached hydrogens (tertiary/aromatic N) is 1. The number of amides is 1. The van der Waals surface area contributed by atoms with Crippen LogP contribution < -0.4 is 14.2 Å². The molecular formula is C23H29NO7. The molecule has 2 aromatic rings. The number of hydrogen-bond acceptors (Lipinski definition) is 7. The highest BCUT2D eigenvalue weighted by molar-refractivity contribution is 5.74. The van der Waals surface area contributed by atoms with Gasteiger partial charge in [-0.25, -0.2) is 0 Å². The molecule has 1 aliphatic rings. The summed E-state index contributed by atoms with van der Waals surface area (Å²) in [6.45, 7) is 1.73. The van der Waals surface area contributed by atoms with Crippen molar-refractivity contribution < 1.29 is 34.0 Å². The van der Waals surface area contributed by atoms with Crippen molar-refractivity contribution in [1.82, 2.24) is 4.90 Å². The smallest absolute Gasteiger partial charge is 0.219 e. The Hall–Kier alpha value is -2.81. The molecule has 1 fully saturated rings. The van der Waals surface area contributed by atoms with Gasteiger partial charge in [0.15, 0.2) is 0 Å². The number of carbonyl (C=O) groups excluding carboxylic acids is 1. The summed E-state index contributed by atoms with van der Waals surface area (Å²) in [5.41, 5.74) is 0.872. The number of rotatable bonds is 8. The number of benzene rings is 2. The number of β-amino-alcohol motifs (C(OH)–C–C–N with tert-alkyl or cyclic N) is 1. The molecule has 31 heavy (non-hydrogen) atoms. The van der Waals surface area contributed by atoms with E-state index < -0.39 is 24.4 Å². The molecule has 0 aromatic heterocycles. The highest BCUT2D eigenvalue weighted by atomic mass is 16.5. The number of aliphatic hydroxyl groups is 2. The first kappa shape index (κ1) is 22.9. The number of carbonyl (C=O) groups is 1. The average molecular weight is 431 g/mol. The molecule has 0 saturated carbocycles. The van der Waals surface area contributed by atoms with Crippen LogP contribution in [0.2, 0.25) is 0 Å². The minimum Gasteiger partial charge on any atom is -0.497 e. The number of aliphatic hydroxyl groups excluding tert-OH is 2. The van der Waals surface area contributed by atoms with E-state index in [0.717, 1.165) is 11.3 Å². The SMILES string of the molecule is COc1ccc(CO[C@@H]2[C@@H](O)[C@@H](O)CN(C(C)=O)[C@@H]2COc2ccc(OC)cc2)cc1. The number of piperidine rings is 1. The fourth-order valence-corrected chi connectivity index (χ4v) is 3.59. The third-order valence-electron chi connectivity index (χ3n) is 5.38. The van der Waals surface area contributed by atoms with Gasteiger partial charge in [-0.05, 0) is 42.0 Å². The van der Waals surface area contributed by atoms with Gasteiger partial charge in [-0.15, -0.1) is 0 Å². The molecule has 8 heteroatoms. The summed E-state index contributed by atoms with van der Waals surface area (Å²) >= 11 is 0. The van der Waals surface area contributed by atoms with Crippen molar-refractivity contribution in [2.45, 2.75) is 37.9 Å². The van der Waals surface area contributed by atoms with Crippen molar-refractivity contribution in [3.05, 3.63) is 54.1 Å². The largest absolute Gasteiger partial charge is 0.497 e. The van der Waals surface area contributed by atoms with E-state index in [1.165, 1.54) is 11.8 Å². The maximum Gasteiger partial charge on any atom is 0.219 e. The Bertz CT molecular complexity index is 840. The van der Waals surface area contributed by atoms with Crippen molar-refractivity contribution in [2.75, 3.05) is 27.4 Å². The molecule has 0 bridgehead atoms. The summed E-state index contributed by atoms with van der Waals surface area (Å²) < 4.78 is 22.2. The topological polar surface area (TPSA) is 97.7 Å². The van der Waals surface area contributed by atoms with Crippen molar-refractivity contribution >= 4 is 5.91 Å². The summed E-state index contributed by atoms with van der Waals surface area (Å²) in [5.74, 6) is 1.80. The van der Waals surface area contributed by atoms with Crippen LogP contribution in [0.15, 0.2) is 48.5 Å². The lowest BCUT2D eigenvalue weighted by Crippen LogP contribution is -2.64. The van der Waals surface area contributed by atoms with Gasteiger partial charge in [0.1, 0.15) is 42.2 Å². The second kappa shape index (κ2) is 10.5. The average Bonchev–Trinajstić information content (AvgIpc) is 2.79. The highest BCUT2D eigenvalue weighted by Gasteiger charge is 2.44. The summed E-state index contributed by atoms with van der Waals surface area (Å²) in [5, 5.41) is 20.9. The zero-order valence-electron chi connectivity index (χ0n) is 17.9. The summed E-state index contributed by atoms with van der Waals surface area (Å²) in [7, 11) is 3.18. The molecule has 1 amide bonds. The van der Waals surface area contributed by atoms with E-state index in [-0.39, 0.29) is 25.7 Å². The minimum atomic E-state index is -1.15. The number of ether oxygens (including phenoxy) is 4. The number of likely N-dealkylation sites (tertiary alicyclic amines) is 1. The predicted octanol–water partition coefficient (Wildman–Crippen LogP) is 1.62. The van der Waals surface area contributed by atoms with Crippen LogP contribution in [0.3, 0.4) is 0 Å². The molecule has 1 heterocycles. The van der Waals surface area contributed by atoms with Gasteiger partial charge < -0.3 is 34.1 Å². The van der Waals surface area contributed by atoms with E-state index in [1.807, 2.05) is 24.3 Å². The second-order valence-electron chi connectivity index (χ2n) is 7.41. The third kappa shape index (κ3) is 5.66. The summed E-state index contributed by atoms with van der Waals surface area (Å²) in [6.07, 6.45) is -3.09. The van der Waals surface area contributed by atoms with E-state index in [1.54, 1.807) is 38.5 Å². The number of methoxy groups -OCH3 is 2. The lowest BCUT2D eigenvalue weighted by Gasteiger charge is -2.45. The van der Waals surface area contributed by atoms with Crippen molar-refractivity contribution in [3.8, 4) is 17.2 Å². The summed E-state index contributed by atoms with van der Waals surface area (Å²) in [6, 6.07) is 13.8. The fraction of sp³-hybridized carbons (Fsp3) is 0.435. The Morgan fingerprint density at radius 3 is 2.06 bits per heavy atom. The van der Waals surface area contributed by atoms with Crippen LogP contribution in [-0.4, -0.2) is 72.7 Å². The van der Waals surface area contributed by atoms with Gasteiger partial charge >= 0.3 is 0 Å². The van der Waals surface area contributed by atoms with Gasteiger partial charge in [0.05, 0.1) is 26.9 Å². The molecule has 3 rings (SSSR count).